The van der Waals surface area contributed by atoms with Crippen LogP contribution < -0.4 is 5.32 Å². The van der Waals surface area contributed by atoms with E-state index in [0.29, 0.717) is 22.1 Å². The fraction of sp³-hybridized carbons (Fsp3) is 0.158. The van der Waals surface area contributed by atoms with Gasteiger partial charge in [0.05, 0.1) is 18.7 Å². The van der Waals surface area contributed by atoms with Gasteiger partial charge in [0.15, 0.2) is 0 Å². The molecule has 2 aromatic heterocycles. The summed E-state index contributed by atoms with van der Waals surface area (Å²) in [5.41, 5.74) is 1.42. The monoisotopic (exact) mass is 385 g/mol. The van der Waals surface area contributed by atoms with E-state index < -0.39 is 0 Å². The molecule has 0 aliphatic heterocycles. The second kappa shape index (κ2) is 8.19. The first-order valence-corrected chi connectivity index (χ1v) is 9.11. The molecule has 1 N–H and O–H groups in total. The van der Waals surface area contributed by atoms with Crippen LogP contribution in [-0.2, 0) is 11.3 Å². The zero-order valence-corrected chi connectivity index (χ0v) is 15.6. The number of likely N-dealkylation sites (N-methyl/N-ethyl adjacent to an activating group) is 1. The summed E-state index contributed by atoms with van der Waals surface area (Å²) >= 11 is 7.23. The van der Waals surface area contributed by atoms with Crippen molar-refractivity contribution in [2.24, 2.45) is 0 Å². The second-order valence-electron chi connectivity index (χ2n) is 5.77. The molecule has 0 saturated heterocycles. The van der Waals surface area contributed by atoms with E-state index in [1.807, 2.05) is 48.3 Å². The molecule has 0 bridgehead atoms. The predicted octanol–water partition coefficient (Wildman–Crippen LogP) is 4.60. The highest BCUT2D eigenvalue weighted by atomic mass is 35.5. The number of carbonyl (C=O) groups is 1. The molecule has 3 rings (SSSR count). The summed E-state index contributed by atoms with van der Waals surface area (Å²) < 4.78 is 5.85. The van der Waals surface area contributed by atoms with Gasteiger partial charge >= 0.3 is 0 Å². The number of amides is 1. The van der Waals surface area contributed by atoms with Crippen LogP contribution in [0.15, 0.2) is 52.3 Å². The minimum absolute atomic E-state index is 0.170. The first-order chi connectivity index (χ1) is 12.5. The molecular formula is C19H16ClN3O2S. The number of hydrogen-bond acceptors (Lipinski definition) is 5. The number of hydrogen-bond donors (Lipinski definition) is 1. The summed E-state index contributed by atoms with van der Waals surface area (Å²) in [6.07, 6.45) is 0. The third-order valence-electron chi connectivity index (χ3n) is 3.67. The molecule has 0 unspecified atom stereocenters. The predicted molar refractivity (Wildman–Crippen MR) is 103 cm³/mol. The third kappa shape index (κ3) is 4.52. The van der Waals surface area contributed by atoms with Gasteiger partial charge in [-0.25, -0.2) is 0 Å². The van der Waals surface area contributed by atoms with Gasteiger partial charge in [0.2, 0.25) is 5.91 Å². The number of carbonyl (C=O) groups excluding carboxylic acids is 1. The van der Waals surface area contributed by atoms with Crippen molar-refractivity contribution in [1.29, 1.82) is 5.26 Å². The summed E-state index contributed by atoms with van der Waals surface area (Å²) in [4.78, 5) is 14.0. The molecule has 2 heterocycles. The van der Waals surface area contributed by atoms with Crippen molar-refractivity contribution in [3.63, 3.8) is 0 Å². The minimum Gasteiger partial charge on any atom is -0.460 e. The number of nitrogens with one attached hydrogen (secondary N) is 1. The Morgan fingerprint density at radius 3 is 2.77 bits per heavy atom. The fourth-order valence-electron chi connectivity index (χ4n) is 2.46. The van der Waals surface area contributed by atoms with Crippen LogP contribution in [0.1, 0.15) is 11.3 Å². The van der Waals surface area contributed by atoms with Crippen LogP contribution in [0.3, 0.4) is 0 Å². The van der Waals surface area contributed by atoms with Crippen LogP contribution in [0, 0.1) is 11.3 Å². The average molecular weight is 386 g/mol. The maximum atomic E-state index is 12.1. The van der Waals surface area contributed by atoms with Gasteiger partial charge < -0.3 is 9.73 Å². The molecular weight excluding hydrogens is 370 g/mol. The zero-order valence-electron chi connectivity index (χ0n) is 14.0. The van der Waals surface area contributed by atoms with E-state index in [2.05, 4.69) is 11.4 Å². The molecule has 0 fully saturated rings. The highest BCUT2D eigenvalue weighted by molar-refractivity contribution is 7.14. The largest absolute Gasteiger partial charge is 0.460 e. The molecule has 0 radical (unpaired) electrons. The molecule has 26 heavy (non-hydrogen) atoms. The Kier molecular flexibility index (Phi) is 5.74. The van der Waals surface area contributed by atoms with Gasteiger partial charge in [-0.3, -0.25) is 9.69 Å². The van der Waals surface area contributed by atoms with Gasteiger partial charge in [-0.2, -0.15) is 5.26 Å². The molecule has 132 valence electrons. The van der Waals surface area contributed by atoms with Crippen LogP contribution in [0.4, 0.5) is 5.00 Å². The van der Waals surface area contributed by atoms with E-state index in [1.54, 1.807) is 11.4 Å². The lowest BCUT2D eigenvalue weighted by atomic mass is 10.2. The number of rotatable bonds is 6. The molecule has 3 aromatic rings. The van der Waals surface area contributed by atoms with Crippen molar-refractivity contribution in [3.8, 4) is 17.4 Å². The molecule has 1 aromatic carbocycles. The normalized spacial score (nSPS) is 10.7. The number of thiophene rings is 1. The lowest BCUT2D eigenvalue weighted by Crippen LogP contribution is -2.29. The molecule has 0 spiro atoms. The molecule has 5 nitrogen and oxygen atoms in total. The Hall–Kier alpha value is -2.59. The van der Waals surface area contributed by atoms with Gasteiger partial charge in [-0.1, -0.05) is 11.6 Å². The van der Waals surface area contributed by atoms with E-state index in [-0.39, 0.29) is 12.5 Å². The van der Waals surface area contributed by atoms with Gasteiger partial charge in [-0.15, -0.1) is 11.3 Å². The Morgan fingerprint density at radius 2 is 2.04 bits per heavy atom. The van der Waals surface area contributed by atoms with Gasteiger partial charge in [0, 0.05) is 10.6 Å². The van der Waals surface area contributed by atoms with Crippen LogP contribution in [0.25, 0.3) is 11.3 Å². The average Bonchev–Trinajstić information content (AvgIpc) is 3.24. The Bertz CT molecular complexity index is 940. The molecule has 0 atom stereocenters. The topological polar surface area (TPSA) is 69.3 Å². The lowest BCUT2D eigenvalue weighted by Gasteiger charge is -2.14. The lowest BCUT2D eigenvalue weighted by molar-refractivity contribution is -0.117. The SMILES string of the molecule is CN(CC(=O)Nc1sccc1C#N)Cc1ccc(-c2ccc(Cl)cc2)o1. The molecule has 0 aliphatic carbocycles. The fourth-order valence-corrected chi connectivity index (χ4v) is 3.34. The zero-order chi connectivity index (χ0) is 18.5. The Labute approximate surface area is 160 Å². The highest BCUT2D eigenvalue weighted by Crippen LogP contribution is 2.24. The van der Waals surface area contributed by atoms with Crippen LogP contribution in [0.2, 0.25) is 5.02 Å². The highest BCUT2D eigenvalue weighted by Gasteiger charge is 2.13. The number of anilines is 1. The summed E-state index contributed by atoms with van der Waals surface area (Å²) in [5, 5.41) is 14.8. The molecule has 1 amide bonds. The number of benzene rings is 1. The minimum atomic E-state index is -0.170. The van der Waals surface area contributed by atoms with E-state index in [4.69, 9.17) is 21.3 Å². The number of halogens is 1. The number of furan rings is 1. The van der Waals surface area contributed by atoms with Crippen molar-refractivity contribution in [2.45, 2.75) is 6.54 Å². The van der Waals surface area contributed by atoms with Crippen molar-refractivity contribution < 1.29 is 9.21 Å². The van der Waals surface area contributed by atoms with Crippen molar-refractivity contribution in [2.75, 3.05) is 18.9 Å². The summed E-state index contributed by atoms with van der Waals surface area (Å²) in [6.45, 7) is 0.691. The van der Waals surface area contributed by atoms with Gasteiger partial charge in [-0.05, 0) is 54.9 Å². The van der Waals surface area contributed by atoms with E-state index in [9.17, 15) is 4.79 Å². The van der Waals surface area contributed by atoms with E-state index in [0.717, 1.165) is 17.1 Å². The smallest absolute Gasteiger partial charge is 0.239 e. The van der Waals surface area contributed by atoms with E-state index in [1.165, 1.54) is 11.3 Å². The van der Waals surface area contributed by atoms with Crippen molar-refractivity contribution in [3.05, 3.63) is 64.2 Å². The van der Waals surface area contributed by atoms with Gasteiger partial charge in [0.1, 0.15) is 22.6 Å². The molecule has 0 saturated carbocycles. The second-order valence-corrected chi connectivity index (χ2v) is 7.12. The van der Waals surface area contributed by atoms with Crippen LogP contribution in [0.5, 0.6) is 0 Å². The summed E-state index contributed by atoms with van der Waals surface area (Å²) in [5.74, 6) is 1.35. The Balaban J connectivity index is 1.56. The number of nitrogens with zero attached hydrogens (tertiary/aromatic N) is 2. The van der Waals surface area contributed by atoms with Crippen molar-refractivity contribution >= 4 is 33.8 Å². The molecule has 7 heteroatoms. The standard InChI is InChI=1S/C19H16ClN3O2S/c1-23(12-18(24)22-19-14(10-21)8-9-26-19)11-16-6-7-17(25-16)13-2-4-15(20)5-3-13/h2-9H,11-12H2,1H3,(H,22,24). The summed E-state index contributed by atoms with van der Waals surface area (Å²) in [6, 6.07) is 15.0. The maximum absolute atomic E-state index is 12.1. The van der Waals surface area contributed by atoms with Crippen molar-refractivity contribution in [1.82, 2.24) is 4.90 Å². The van der Waals surface area contributed by atoms with E-state index >= 15 is 0 Å². The quantitative estimate of drug-likeness (QED) is 0.673. The summed E-state index contributed by atoms with van der Waals surface area (Å²) in [7, 11) is 1.84. The third-order valence-corrected chi connectivity index (χ3v) is 4.75. The van der Waals surface area contributed by atoms with Crippen LogP contribution >= 0.6 is 22.9 Å². The number of nitriles is 1. The first-order valence-electron chi connectivity index (χ1n) is 7.86. The maximum Gasteiger partial charge on any atom is 0.239 e. The molecule has 0 aliphatic rings. The Morgan fingerprint density at radius 1 is 1.27 bits per heavy atom. The van der Waals surface area contributed by atoms with Gasteiger partial charge in [0.25, 0.3) is 0 Å². The first kappa shape index (κ1) is 18.2. The van der Waals surface area contributed by atoms with Crippen LogP contribution in [-0.4, -0.2) is 24.4 Å².